The van der Waals surface area contributed by atoms with Gasteiger partial charge >= 0.3 is 5.97 Å². The minimum absolute atomic E-state index is 0.0332. The zero-order valence-electron chi connectivity index (χ0n) is 10.4. The molecule has 1 aliphatic rings. The first kappa shape index (κ1) is 13.8. The van der Waals surface area contributed by atoms with E-state index in [4.69, 9.17) is 15.1 Å². The molecule has 1 unspecified atom stereocenters. The number of hydrogen-bond donors (Lipinski definition) is 1. The Bertz CT molecular complexity index is 595. The van der Waals surface area contributed by atoms with Crippen LogP contribution in [0.25, 0.3) is 0 Å². The minimum atomic E-state index is -1.17. The highest BCUT2D eigenvalue weighted by atomic mass is 16.6. The van der Waals surface area contributed by atoms with Crippen LogP contribution in [0.15, 0.2) is 18.2 Å². The molecule has 0 radical (unpaired) electrons. The number of carboxylic acids is 1. The molecule has 1 aliphatic heterocycles. The van der Waals surface area contributed by atoms with E-state index in [-0.39, 0.29) is 30.1 Å². The van der Waals surface area contributed by atoms with E-state index >= 15 is 0 Å². The smallest absolute Gasteiger partial charge is 0.337 e. The molecule has 0 spiro atoms. The average Bonchev–Trinajstić information content (AvgIpc) is 2.46. The van der Waals surface area contributed by atoms with Crippen LogP contribution in [0.2, 0.25) is 0 Å². The van der Waals surface area contributed by atoms with Crippen molar-refractivity contribution in [1.82, 2.24) is 0 Å². The van der Waals surface area contributed by atoms with Gasteiger partial charge in [0.25, 0.3) is 5.69 Å². The predicted molar refractivity (Wildman–Crippen MR) is 67.6 cm³/mol. The topological polar surface area (TPSA) is 117 Å². The molecule has 0 aromatic heterocycles. The lowest BCUT2D eigenvalue weighted by molar-refractivity contribution is -0.384. The molecule has 1 aromatic carbocycles. The van der Waals surface area contributed by atoms with Crippen LogP contribution in [0, 0.1) is 21.4 Å². The van der Waals surface area contributed by atoms with Gasteiger partial charge in [-0.3, -0.25) is 10.1 Å². The number of nitro benzene ring substituents is 1. The van der Waals surface area contributed by atoms with Crippen molar-refractivity contribution in [1.29, 1.82) is 5.26 Å². The quantitative estimate of drug-likeness (QED) is 0.647. The fourth-order valence-corrected chi connectivity index (χ4v) is 2.02. The molecule has 1 aromatic rings. The zero-order chi connectivity index (χ0) is 14.7. The van der Waals surface area contributed by atoms with Gasteiger partial charge in [0.05, 0.1) is 35.4 Å². The monoisotopic (exact) mass is 277 g/mol. The van der Waals surface area contributed by atoms with Crippen molar-refractivity contribution >= 4 is 17.3 Å². The van der Waals surface area contributed by atoms with Crippen LogP contribution in [0.1, 0.15) is 10.4 Å². The van der Waals surface area contributed by atoms with E-state index in [0.717, 1.165) is 6.07 Å². The summed E-state index contributed by atoms with van der Waals surface area (Å²) >= 11 is 0. The molecule has 2 rings (SSSR count). The number of non-ortho nitro benzene ring substituents is 1. The molecule has 8 heteroatoms. The fourth-order valence-electron chi connectivity index (χ4n) is 2.02. The van der Waals surface area contributed by atoms with Crippen LogP contribution in [-0.2, 0) is 4.74 Å². The zero-order valence-corrected chi connectivity index (χ0v) is 10.4. The number of aromatic carboxylic acids is 1. The number of carboxylic acid groups (broad SMARTS) is 1. The number of morpholine rings is 1. The SMILES string of the molecule is N#CC1CN(c2cc([N+](=O)[O-])ccc2C(=O)O)CCO1. The van der Waals surface area contributed by atoms with E-state index in [0.29, 0.717) is 6.54 Å². The maximum atomic E-state index is 11.2. The summed E-state index contributed by atoms with van der Waals surface area (Å²) in [5.41, 5.74) is 0.00874. The number of ether oxygens (including phenoxy) is 1. The van der Waals surface area contributed by atoms with E-state index in [1.165, 1.54) is 12.1 Å². The van der Waals surface area contributed by atoms with Crippen LogP contribution < -0.4 is 4.90 Å². The van der Waals surface area contributed by atoms with Crippen molar-refractivity contribution in [3.63, 3.8) is 0 Å². The van der Waals surface area contributed by atoms with Gasteiger partial charge in [0.1, 0.15) is 0 Å². The molecule has 0 bridgehead atoms. The predicted octanol–water partition coefficient (Wildman–Crippen LogP) is 1.02. The standard InChI is InChI=1S/C12H11N3O5/c13-6-9-7-14(3-4-20-9)11-5-8(15(18)19)1-2-10(11)12(16)17/h1-2,5,9H,3-4,7H2,(H,16,17). The van der Waals surface area contributed by atoms with Gasteiger partial charge in [0, 0.05) is 18.7 Å². The highest BCUT2D eigenvalue weighted by molar-refractivity contribution is 5.95. The Labute approximate surface area is 113 Å². The Hall–Kier alpha value is -2.66. The van der Waals surface area contributed by atoms with E-state index < -0.39 is 17.0 Å². The van der Waals surface area contributed by atoms with Crippen molar-refractivity contribution in [2.75, 3.05) is 24.6 Å². The summed E-state index contributed by atoms with van der Waals surface area (Å²) in [6.45, 7) is 0.817. The summed E-state index contributed by atoms with van der Waals surface area (Å²) in [5, 5.41) is 28.8. The van der Waals surface area contributed by atoms with Gasteiger partial charge in [0.15, 0.2) is 6.10 Å². The number of rotatable bonds is 3. The Kier molecular flexibility index (Phi) is 3.81. The van der Waals surface area contributed by atoms with E-state index in [1.54, 1.807) is 4.90 Å². The molecular weight excluding hydrogens is 266 g/mol. The van der Waals surface area contributed by atoms with Crippen molar-refractivity contribution in [3.05, 3.63) is 33.9 Å². The summed E-state index contributed by atoms with van der Waals surface area (Å²) in [4.78, 5) is 23.0. The van der Waals surface area contributed by atoms with Gasteiger partial charge in [-0.1, -0.05) is 0 Å². The Balaban J connectivity index is 2.42. The highest BCUT2D eigenvalue weighted by Crippen LogP contribution is 2.27. The summed E-state index contributed by atoms with van der Waals surface area (Å²) in [7, 11) is 0. The van der Waals surface area contributed by atoms with E-state index in [2.05, 4.69) is 0 Å². The number of anilines is 1. The second-order valence-corrected chi connectivity index (χ2v) is 4.20. The van der Waals surface area contributed by atoms with Crippen molar-refractivity contribution in [3.8, 4) is 6.07 Å². The van der Waals surface area contributed by atoms with Gasteiger partial charge in [-0.25, -0.2) is 4.79 Å². The van der Waals surface area contributed by atoms with Crippen LogP contribution >= 0.6 is 0 Å². The summed E-state index contributed by atoms with van der Waals surface area (Å²) in [5.74, 6) is -1.17. The number of nitro groups is 1. The van der Waals surface area contributed by atoms with Crippen molar-refractivity contribution in [2.45, 2.75) is 6.10 Å². The molecule has 8 nitrogen and oxygen atoms in total. The molecule has 104 valence electrons. The maximum Gasteiger partial charge on any atom is 0.337 e. The van der Waals surface area contributed by atoms with E-state index in [9.17, 15) is 14.9 Å². The number of carbonyl (C=O) groups is 1. The molecule has 1 heterocycles. The molecule has 1 atom stereocenters. The first-order valence-electron chi connectivity index (χ1n) is 5.81. The Morgan fingerprint density at radius 2 is 2.35 bits per heavy atom. The third-order valence-electron chi connectivity index (χ3n) is 2.97. The lowest BCUT2D eigenvalue weighted by atomic mass is 10.1. The van der Waals surface area contributed by atoms with Gasteiger partial charge in [-0.2, -0.15) is 5.26 Å². The first-order chi connectivity index (χ1) is 9.52. The highest BCUT2D eigenvalue weighted by Gasteiger charge is 2.25. The molecule has 0 aliphatic carbocycles. The van der Waals surface area contributed by atoms with Crippen LogP contribution in [-0.4, -0.2) is 41.8 Å². The maximum absolute atomic E-state index is 11.2. The first-order valence-corrected chi connectivity index (χ1v) is 5.81. The summed E-state index contributed by atoms with van der Waals surface area (Å²) < 4.78 is 5.17. The molecular formula is C12H11N3O5. The van der Waals surface area contributed by atoms with Crippen molar-refractivity contribution < 1.29 is 19.6 Å². The fraction of sp³-hybridized carbons (Fsp3) is 0.333. The normalized spacial score (nSPS) is 18.4. The number of nitriles is 1. The molecule has 1 fully saturated rings. The largest absolute Gasteiger partial charge is 0.478 e. The van der Waals surface area contributed by atoms with Gasteiger partial charge in [-0.15, -0.1) is 0 Å². The second-order valence-electron chi connectivity index (χ2n) is 4.20. The third kappa shape index (κ3) is 2.67. The number of nitrogens with zero attached hydrogens (tertiary/aromatic N) is 3. The molecule has 1 N–H and O–H groups in total. The van der Waals surface area contributed by atoms with Crippen LogP contribution in [0.4, 0.5) is 11.4 Å². The molecule has 1 saturated heterocycles. The van der Waals surface area contributed by atoms with Crippen LogP contribution in [0.5, 0.6) is 0 Å². The van der Waals surface area contributed by atoms with E-state index in [1.807, 2.05) is 6.07 Å². The summed E-state index contributed by atoms with van der Waals surface area (Å²) in [6.07, 6.45) is -0.676. The van der Waals surface area contributed by atoms with Crippen LogP contribution in [0.3, 0.4) is 0 Å². The minimum Gasteiger partial charge on any atom is -0.478 e. The third-order valence-corrected chi connectivity index (χ3v) is 2.97. The Morgan fingerprint density at radius 1 is 1.60 bits per heavy atom. The van der Waals surface area contributed by atoms with Gasteiger partial charge < -0.3 is 14.7 Å². The molecule has 20 heavy (non-hydrogen) atoms. The van der Waals surface area contributed by atoms with Crippen molar-refractivity contribution in [2.24, 2.45) is 0 Å². The molecule has 0 saturated carbocycles. The summed E-state index contributed by atoms with van der Waals surface area (Å²) in [6, 6.07) is 5.51. The van der Waals surface area contributed by atoms with Gasteiger partial charge in [0.2, 0.25) is 0 Å². The lowest BCUT2D eigenvalue weighted by Crippen LogP contribution is -2.42. The average molecular weight is 277 g/mol. The second kappa shape index (κ2) is 5.54. The number of hydrogen-bond acceptors (Lipinski definition) is 6. The lowest BCUT2D eigenvalue weighted by Gasteiger charge is -2.32. The molecule has 0 amide bonds. The number of benzene rings is 1. The Morgan fingerprint density at radius 3 is 2.95 bits per heavy atom. The van der Waals surface area contributed by atoms with Gasteiger partial charge in [-0.05, 0) is 6.07 Å².